The molecule has 1 aliphatic rings. The van der Waals surface area contributed by atoms with Crippen LogP contribution in [0.2, 0.25) is 0 Å². The zero-order valence-electron chi connectivity index (χ0n) is 12.7. The van der Waals surface area contributed by atoms with Gasteiger partial charge in [-0.1, -0.05) is 25.7 Å². The second-order valence-electron chi connectivity index (χ2n) is 5.60. The molecule has 112 valence electrons. The van der Waals surface area contributed by atoms with Crippen LogP contribution in [0, 0.1) is 6.92 Å². The summed E-state index contributed by atoms with van der Waals surface area (Å²) in [5, 5.41) is 7.10. The van der Waals surface area contributed by atoms with Gasteiger partial charge in [0.05, 0.1) is 19.0 Å². The zero-order chi connectivity index (χ0) is 14.2. The quantitative estimate of drug-likeness (QED) is 0.619. The number of nitrogens with one attached hydrogen (secondary N) is 2. The van der Waals surface area contributed by atoms with E-state index in [0.717, 1.165) is 30.2 Å². The third-order valence-corrected chi connectivity index (χ3v) is 3.95. The Morgan fingerprint density at radius 1 is 1.20 bits per heavy atom. The molecule has 1 aliphatic carbocycles. The number of aromatic nitrogens is 1. The molecule has 0 radical (unpaired) electrons. The lowest BCUT2D eigenvalue weighted by atomic mass is 10.1. The van der Waals surface area contributed by atoms with Gasteiger partial charge in [0.2, 0.25) is 0 Å². The normalized spacial score (nSPS) is 16.7. The average molecular weight is 277 g/mol. The lowest BCUT2D eigenvalue weighted by molar-refractivity contribution is 0.414. The van der Waals surface area contributed by atoms with Crippen molar-refractivity contribution in [3.05, 3.63) is 18.0 Å². The fraction of sp³-hybridized carbons (Fsp3) is 0.688. The van der Waals surface area contributed by atoms with Gasteiger partial charge in [-0.2, -0.15) is 0 Å². The zero-order valence-corrected chi connectivity index (χ0v) is 12.7. The summed E-state index contributed by atoms with van der Waals surface area (Å²) in [5.74, 6) is 0.810. The summed E-state index contributed by atoms with van der Waals surface area (Å²) >= 11 is 0. The van der Waals surface area contributed by atoms with Crippen molar-refractivity contribution in [2.24, 2.45) is 0 Å². The molecule has 0 aliphatic heterocycles. The summed E-state index contributed by atoms with van der Waals surface area (Å²) in [5.41, 5.74) is 2.03. The van der Waals surface area contributed by atoms with Gasteiger partial charge in [-0.25, -0.2) is 0 Å². The fourth-order valence-electron chi connectivity index (χ4n) is 2.81. The Bertz CT molecular complexity index is 401. The summed E-state index contributed by atoms with van der Waals surface area (Å²) in [4.78, 5) is 4.24. The molecule has 1 saturated carbocycles. The molecule has 1 aromatic heterocycles. The van der Waals surface area contributed by atoms with Gasteiger partial charge in [-0.3, -0.25) is 4.98 Å². The highest BCUT2D eigenvalue weighted by atomic mass is 16.5. The summed E-state index contributed by atoms with van der Waals surface area (Å²) in [6, 6.07) is 2.74. The van der Waals surface area contributed by atoms with E-state index in [2.05, 4.69) is 15.6 Å². The molecule has 0 atom stereocenters. The first-order valence-corrected chi connectivity index (χ1v) is 7.77. The van der Waals surface area contributed by atoms with Crippen molar-refractivity contribution in [2.75, 3.05) is 25.5 Å². The molecule has 4 heteroatoms. The summed E-state index contributed by atoms with van der Waals surface area (Å²) in [6.07, 6.45) is 10.0. The van der Waals surface area contributed by atoms with E-state index in [1.807, 2.05) is 13.0 Å². The van der Waals surface area contributed by atoms with E-state index in [4.69, 9.17) is 4.74 Å². The molecule has 1 heterocycles. The highest BCUT2D eigenvalue weighted by molar-refractivity contribution is 5.55. The number of pyridine rings is 1. The summed E-state index contributed by atoms with van der Waals surface area (Å²) in [7, 11) is 1.68. The van der Waals surface area contributed by atoms with Crippen LogP contribution in [-0.4, -0.2) is 31.2 Å². The van der Waals surface area contributed by atoms with Crippen LogP contribution in [-0.2, 0) is 0 Å². The number of ether oxygens (including phenoxy) is 1. The van der Waals surface area contributed by atoms with Gasteiger partial charge in [0.25, 0.3) is 0 Å². The van der Waals surface area contributed by atoms with E-state index in [-0.39, 0.29) is 0 Å². The number of aryl methyl sites for hydroxylation is 1. The van der Waals surface area contributed by atoms with E-state index in [1.165, 1.54) is 38.5 Å². The van der Waals surface area contributed by atoms with Gasteiger partial charge in [0.15, 0.2) is 5.75 Å². The first-order valence-electron chi connectivity index (χ1n) is 7.77. The monoisotopic (exact) mass is 277 g/mol. The molecule has 2 rings (SSSR count). The topological polar surface area (TPSA) is 46.2 Å². The maximum Gasteiger partial charge on any atom is 0.160 e. The molecule has 2 N–H and O–H groups in total. The standard InChI is InChI=1S/C16H27N3O/c1-13-11-15(16(20-2)12-19-13)18-10-9-17-14-7-5-3-4-6-8-14/h11-12,14,17H,3-10H2,1-2H3,(H,18,19). The Labute approximate surface area is 122 Å². The number of hydrogen-bond donors (Lipinski definition) is 2. The van der Waals surface area contributed by atoms with E-state index in [1.54, 1.807) is 13.3 Å². The Hall–Kier alpha value is -1.29. The SMILES string of the molecule is COc1cnc(C)cc1NCCNC1CCCCCC1. The Morgan fingerprint density at radius 2 is 1.95 bits per heavy atom. The summed E-state index contributed by atoms with van der Waals surface area (Å²) < 4.78 is 5.32. The summed E-state index contributed by atoms with van der Waals surface area (Å²) in [6.45, 7) is 3.90. The van der Waals surface area contributed by atoms with Gasteiger partial charge in [-0.15, -0.1) is 0 Å². The second kappa shape index (κ2) is 8.10. The molecule has 1 aromatic rings. The van der Waals surface area contributed by atoms with Gasteiger partial charge in [-0.05, 0) is 25.8 Å². The molecule has 20 heavy (non-hydrogen) atoms. The van der Waals surface area contributed by atoms with Gasteiger partial charge >= 0.3 is 0 Å². The third-order valence-electron chi connectivity index (χ3n) is 3.95. The Morgan fingerprint density at radius 3 is 2.65 bits per heavy atom. The van der Waals surface area contributed by atoms with Gasteiger partial charge in [0, 0.05) is 24.8 Å². The van der Waals surface area contributed by atoms with Crippen LogP contribution in [0.5, 0.6) is 5.75 Å². The second-order valence-corrected chi connectivity index (χ2v) is 5.60. The van der Waals surface area contributed by atoms with Crippen molar-refractivity contribution >= 4 is 5.69 Å². The van der Waals surface area contributed by atoms with Crippen molar-refractivity contribution in [1.29, 1.82) is 0 Å². The van der Waals surface area contributed by atoms with E-state index in [9.17, 15) is 0 Å². The first-order chi connectivity index (χ1) is 9.79. The van der Waals surface area contributed by atoms with Crippen molar-refractivity contribution in [2.45, 2.75) is 51.5 Å². The molecule has 0 aromatic carbocycles. The molecule has 0 bridgehead atoms. The van der Waals surface area contributed by atoms with Crippen molar-refractivity contribution < 1.29 is 4.74 Å². The maximum atomic E-state index is 5.32. The molecule has 0 saturated heterocycles. The van der Waals surface area contributed by atoms with E-state index >= 15 is 0 Å². The lowest BCUT2D eigenvalue weighted by Crippen LogP contribution is -2.32. The fourth-order valence-corrected chi connectivity index (χ4v) is 2.81. The van der Waals surface area contributed by atoms with Crippen LogP contribution >= 0.6 is 0 Å². The molecule has 0 spiro atoms. The minimum Gasteiger partial charge on any atom is -0.493 e. The number of hydrogen-bond acceptors (Lipinski definition) is 4. The smallest absolute Gasteiger partial charge is 0.160 e. The maximum absolute atomic E-state index is 5.32. The Balaban J connectivity index is 1.73. The molecule has 0 unspecified atom stereocenters. The Kier molecular flexibility index (Phi) is 6.12. The van der Waals surface area contributed by atoms with E-state index < -0.39 is 0 Å². The van der Waals surface area contributed by atoms with Gasteiger partial charge < -0.3 is 15.4 Å². The highest BCUT2D eigenvalue weighted by Crippen LogP contribution is 2.23. The predicted octanol–water partition coefficient (Wildman–Crippen LogP) is 3.12. The van der Waals surface area contributed by atoms with Crippen molar-refractivity contribution in [3.63, 3.8) is 0 Å². The highest BCUT2D eigenvalue weighted by Gasteiger charge is 2.11. The van der Waals surface area contributed by atoms with E-state index in [0.29, 0.717) is 6.04 Å². The van der Waals surface area contributed by atoms with Crippen molar-refractivity contribution in [1.82, 2.24) is 10.3 Å². The van der Waals surface area contributed by atoms with Crippen LogP contribution in [0.1, 0.15) is 44.2 Å². The third kappa shape index (κ3) is 4.67. The molecule has 0 amide bonds. The first kappa shape index (κ1) is 15.1. The number of rotatable bonds is 6. The molecule has 1 fully saturated rings. The molecule has 4 nitrogen and oxygen atoms in total. The lowest BCUT2D eigenvalue weighted by Gasteiger charge is -2.17. The minimum absolute atomic E-state index is 0.709. The van der Waals surface area contributed by atoms with Crippen LogP contribution in [0.25, 0.3) is 0 Å². The van der Waals surface area contributed by atoms with Crippen LogP contribution in [0.3, 0.4) is 0 Å². The van der Waals surface area contributed by atoms with Crippen LogP contribution in [0.15, 0.2) is 12.3 Å². The average Bonchev–Trinajstić information content (AvgIpc) is 2.72. The number of methoxy groups -OCH3 is 1. The van der Waals surface area contributed by atoms with Crippen LogP contribution in [0.4, 0.5) is 5.69 Å². The van der Waals surface area contributed by atoms with Gasteiger partial charge in [0.1, 0.15) is 0 Å². The largest absolute Gasteiger partial charge is 0.493 e. The number of nitrogens with zero attached hydrogens (tertiary/aromatic N) is 1. The number of anilines is 1. The minimum atomic E-state index is 0.709. The molecular weight excluding hydrogens is 250 g/mol. The van der Waals surface area contributed by atoms with Crippen molar-refractivity contribution in [3.8, 4) is 5.75 Å². The predicted molar refractivity (Wildman–Crippen MR) is 83.5 cm³/mol. The molecular formula is C16H27N3O. The van der Waals surface area contributed by atoms with Crippen LogP contribution < -0.4 is 15.4 Å².